The molecule has 2 rings (SSSR count). The third-order valence-corrected chi connectivity index (χ3v) is 4.73. The number of fused-ring (bicyclic) bond motifs is 1. The quantitative estimate of drug-likeness (QED) is 0.296. The number of amides is 2. The van der Waals surface area contributed by atoms with Gasteiger partial charge in [0.1, 0.15) is 22.5 Å². The number of hydrogen-bond donors (Lipinski definition) is 0. The molecule has 0 N–H and O–H groups in total. The number of aromatic nitrogens is 2. The normalized spacial score (nSPS) is 12.2. The van der Waals surface area contributed by atoms with E-state index in [1.54, 1.807) is 69.2 Å². The molecule has 0 atom stereocenters. The van der Waals surface area contributed by atoms with Crippen molar-refractivity contribution in [2.45, 2.75) is 86.0 Å². The summed E-state index contributed by atoms with van der Waals surface area (Å²) in [4.78, 5) is 57.0. The molecule has 0 aliphatic carbocycles. The molecule has 12 heteroatoms. The number of halogens is 1. The van der Waals surface area contributed by atoms with Crippen LogP contribution in [-0.2, 0) is 18.9 Å². The van der Waals surface area contributed by atoms with Crippen molar-refractivity contribution in [3.05, 3.63) is 22.3 Å². The van der Waals surface area contributed by atoms with Gasteiger partial charge in [0.05, 0.1) is 22.1 Å². The molecule has 2 aromatic heterocycles. The van der Waals surface area contributed by atoms with Gasteiger partial charge >= 0.3 is 24.2 Å². The van der Waals surface area contributed by atoms with E-state index in [1.807, 2.05) is 0 Å². The summed E-state index contributed by atoms with van der Waals surface area (Å²) in [6, 6.07) is 2.75. The molecular weight excluding hydrogens is 550 g/mol. The molecular formula is C25H34BrN3O8. The van der Waals surface area contributed by atoms with E-state index in [9.17, 15) is 19.2 Å². The summed E-state index contributed by atoms with van der Waals surface area (Å²) in [7, 11) is 0. The molecule has 2 aromatic rings. The van der Waals surface area contributed by atoms with Crippen LogP contribution in [0.25, 0.3) is 11.0 Å². The average Bonchev–Trinajstić information content (AvgIpc) is 3.02. The number of carbonyl (C=O) groups is 4. The molecule has 204 valence electrons. The van der Waals surface area contributed by atoms with Crippen molar-refractivity contribution in [3.8, 4) is 0 Å². The molecule has 0 aliphatic rings. The third kappa shape index (κ3) is 7.91. The van der Waals surface area contributed by atoms with Crippen LogP contribution in [0.4, 0.5) is 20.2 Å². The van der Waals surface area contributed by atoms with Crippen LogP contribution in [0.1, 0.15) is 79.7 Å². The van der Waals surface area contributed by atoms with Crippen LogP contribution < -0.4 is 4.90 Å². The molecule has 0 unspecified atom stereocenters. The number of imide groups is 1. The summed E-state index contributed by atoms with van der Waals surface area (Å²) in [5.41, 5.74) is -2.54. The number of nitrogens with zero attached hydrogens (tertiary/aromatic N) is 3. The zero-order chi connectivity index (χ0) is 28.5. The SMILES string of the molecule is CCOC(=O)c1cc2nc(N(C(=O)OC(C)(C)C)C(=O)OC(C)(C)C)c(Br)cc2n1C(=O)OC(C)(C)C. The molecule has 0 saturated heterocycles. The lowest BCUT2D eigenvalue weighted by Gasteiger charge is -2.28. The minimum absolute atomic E-state index is 0.0715. The summed E-state index contributed by atoms with van der Waals surface area (Å²) >= 11 is 3.33. The first-order chi connectivity index (χ1) is 16.7. The molecule has 0 saturated carbocycles. The predicted octanol–water partition coefficient (Wildman–Crippen LogP) is 6.44. The first-order valence-electron chi connectivity index (χ1n) is 11.6. The van der Waals surface area contributed by atoms with Gasteiger partial charge in [0.2, 0.25) is 0 Å². The Bertz CT molecular complexity index is 1190. The van der Waals surface area contributed by atoms with Crippen LogP contribution in [0, 0.1) is 0 Å². The fraction of sp³-hybridized carbons (Fsp3) is 0.560. The Morgan fingerprint density at radius 1 is 0.865 bits per heavy atom. The molecule has 0 aromatic carbocycles. The summed E-state index contributed by atoms with van der Waals surface area (Å²) in [5, 5.41) is 0. The van der Waals surface area contributed by atoms with Crippen molar-refractivity contribution in [2.75, 3.05) is 11.5 Å². The van der Waals surface area contributed by atoms with Crippen LogP contribution in [0.3, 0.4) is 0 Å². The average molecular weight is 584 g/mol. The van der Waals surface area contributed by atoms with Crippen molar-refractivity contribution < 1.29 is 38.1 Å². The van der Waals surface area contributed by atoms with Crippen LogP contribution in [0.2, 0.25) is 0 Å². The monoisotopic (exact) mass is 583 g/mol. The van der Waals surface area contributed by atoms with E-state index in [0.717, 1.165) is 4.57 Å². The van der Waals surface area contributed by atoms with E-state index in [1.165, 1.54) is 12.1 Å². The predicted molar refractivity (Wildman–Crippen MR) is 140 cm³/mol. The number of pyridine rings is 1. The maximum atomic E-state index is 13.1. The van der Waals surface area contributed by atoms with E-state index in [-0.39, 0.29) is 33.6 Å². The van der Waals surface area contributed by atoms with Crippen molar-refractivity contribution >= 4 is 57.0 Å². The molecule has 0 spiro atoms. The lowest BCUT2D eigenvalue weighted by Crippen LogP contribution is -2.44. The molecule has 0 aliphatic heterocycles. The first kappa shape index (κ1) is 30.1. The molecule has 0 radical (unpaired) electrons. The zero-order valence-corrected chi connectivity index (χ0v) is 24.4. The second kappa shape index (κ2) is 10.7. The van der Waals surface area contributed by atoms with Crippen LogP contribution >= 0.6 is 15.9 Å². The summed E-state index contributed by atoms with van der Waals surface area (Å²) in [5.74, 6) is -0.937. The van der Waals surface area contributed by atoms with Crippen LogP contribution in [0.5, 0.6) is 0 Å². The van der Waals surface area contributed by atoms with Gasteiger partial charge in [-0.2, -0.15) is 4.90 Å². The highest BCUT2D eigenvalue weighted by atomic mass is 79.9. The third-order valence-electron chi connectivity index (χ3n) is 4.15. The number of ether oxygens (including phenoxy) is 4. The highest BCUT2D eigenvalue weighted by molar-refractivity contribution is 9.10. The van der Waals surface area contributed by atoms with Gasteiger partial charge in [0, 0.05) is 0 Å². The molecule has 37 heavy (non-hydrogen) atoms. The van der Waals surface area contributed by atoms with Gasteiger partial charge in [-0.3, -0.25) is 0 Å². The fourth-order valence-electron chi connectivity index (χ4n) is 2.97. The summed E-state index contributed by atoms with van der Waals surface area (Å²) in [6.07, 6.45) is -2.87. The summed E-state index contributed by atoms with van der Waals surface area (Å²) < 4.78 is 22.6. The Hall–Kier alpha value is -3.15. The lowest BCUT2D eigenvalue weighted by molar-refractivity contribution is 0.0426. The Labute approximate surface area is 224 Å². The van der Waals surface area contributed by atoms with Gasteiger partial charge in [-0.25, -0.2) is 28.7 Å². The van der Waals surface area contributed by atoms with E-state index < -0.39 is 41.1 Å². The number of rotatable bonds is 3. The maximum Gasteiger partial charge on any atom is 0.425 e. The van der Waals surface area contributed by atoms with Gasteiger partial charge in [0.25, 0.3) is 0 Å². The minimum atomic E-state index is -1.02. The molecule has 0 fully saturated rings. The smallest absolute Gasteiger partial charge is 0.425 e. The zero-order valence-electron chi connectivity index (χ0n) is 22.8. The number of hydrogen-bond acceptors (Lipinski definition) is 9. The fourth-order valence-corrected chi connectivity index (χ4v) is 3.45. The second-order valence-corrected chi connectivity index (χ2v) is 11.9. The molecule has 11 nitrogen and oxygen atoms in total. The number of anilines is 1. The van der Waals surface area contributed by atoms with Crippen molar-refractivity contribution in [3.63, 3.8) is 0 Å². The van der Waals surface area contributed by atoms with Crippen LogP contribution in [-0.4, -0.2) is 57.2 Å². The first-order valence-corrected chi connectivity index (χ1v) is 12.4. The van der Waals surface area contributed by atoms with Crippen molar-refractivity contribution in [1.82, 2.24) is 9.55 Å². The topological polar surface area (TPSA) is 126 Å². The maximum absolute atomic E-state index is 13.1. The van der Waals surface area contributed by atoms with Crippen molar-refractivity contribution in [2.24, 2.45) is 0 Å². The van der Waals surface area contributed by atoms with Gasteiger partial charge < -0.3 is 18.9 Å². The van der Waals surface area contributed by atoms with E-state index in [0.29, 0.717) is 4.90 Å². The Morgan fingerprint density at radius 3 is 1.78 bits per heavy atom. The molecule has 0 bridgehead atoms. The van der Waals surface area contributed by atoms with Crippen LogP contribution in [0.15, 0.2) is 16.6 Å². The second-order valence-electron chi connectivity index (χ2n) is 11.1. The van der Waals surface area contributed by atoms with Gasteiger partial charge in [-0.1, -0.05) is 0 Å². The largest absolute Gasteiger partial charge is 0.461 e. The Morgan fingerprint density at radius 2 is 1.35 bits per heavy atom. The van der Waals surface area contributed by atoms with Crippen molar-refractivity contribution in [1.29, 1.82) is 0 Å². The Kier molecular flexibility index (Phi) is 8.68. The molecule has 2 heterocycles. The number of carbonyl (C=O) groups excluding carboxylic acids is 4. The number of esters is 1. The van der Waals surface area contributed by atoms with Gasteiger partial charge in [-0.15, -0.1) is 0 Å². The standard InChI is InChI=1S/C25H34BrN3O8/c1-11-34-19(30)17-13-15-16(28(17)20(31)35-23(2,3)4)12-14(26)18(27-15)29(21(32)36-24(5,6)7)22(33)37-25(8,9)10/h12-13H,11H2,1-10H3. The highest BCUT2D eigenvalue weighted by Crippen LogP contribution is 2.33. The van der Waals surface area contributed by atoms with E-state index >= 15 is 0 Å². The summed E-state index contributed by atoms with van der Waals surface area (Å²) in [6.45, 7) is 16.7. The van der Waals surface area contributed by atoms with E-state index in [2.05, 4.69) is 20.9 Å². The van der Waals surface area contributed by atoms with Gasteiger partial charge in [0.15, 0.2) is 5.82 Å². The Balaban J connectivity index is 2.77. The highest BCUT2D eigenvalue weighted by Gasteiger charge is 2.36. The molecule has 2 amide bonds. The minimum Gasteiger partial charge on any atom is -0.461 e. The van der Waals surface area contributed by atoms with Gasteiger partial charge in [-0.05, 0) is 97.3 Å². The lowest BCUT2D eigenvalue weighted by atomic mass is 10.2. The van der Waals surface area contributed by atoms with E-state index in [4.69, 9.17) is 18.9 Å².